The molecule has 0 bridgehead atoms. The SMILES string of the molecule is Fc1cccc(F)c1-c1cnc(CNCC2CC2)[nH]1. The first-order valence-corrected chi connectivity index (χ1v) is 6.43. The monoisotopic (exact) mass is 263 g/mol. The molecule has 0 saturated heterocycles. The van der Waals surface area contributed by atoms with Crippen LogP contribution in [-0.4, -0.2) is 16.5 Å². The molecule has 5 heteroatoms. The minimum atomic E-state index is -0.582. The Hall–Kier alpha value is -1.75. The van der Waals surface area contributed by atoms with Gasteiger partial charge in [0.1, 0.15) is 17.5 Å². The molecule has 0 atom stereocenters. The smallest absolute Gasteiger partial charge is 0.135 e. The number of nitrogens with one attached hydrogen (secondary N) is 2. The highest BCUT2D eigenvalue weighted by molar-refractivity contribution is 5.60. The summed E-state index contributed by atoms with van der Waals surface area (Å²) in [7, 11) is 0. The van der Waals surface area contributed by atoms with Crippen LogP contribution in [0.15, 0.2) is 24.4 Å². The second-order valence-corrected chi connectivity index (χ2v) is 4.91. The van der Waals surface area contributed by atoms with Gasteiger partial charge in [-0.05, 0) is 37.4 Å². The summed E-state index contributed by atoms with van der Waals surface area (Å²) in [6.45, 7) is 1.57. The van der Waals surface area contributed by atoms with Crippen molar-refractivity contribution in [3.8, 4) is 11.3 Å². The van der Waals surface area contributed by atoms with Gasteiger partial charge in [0.25, 0.3) is 0 Å². The Morgan fingerprint density at radius 1 is 1.26 bits per heavy atom. The highest BCUT2D eigenvalue weighted by atomic mass is 19.1. The summed E-state index contributed by atoms with van der Waals surface area (Å²) >= 11 is 0. The molecule has 3 nitrogen and oxygen atoms in total. The van der Waals surface area contributed by atoms with Crippen LogP contribution in [0.4, 0.5) is 8.78 Å². The van der Waals surface area contributed by atoms with Gasteiger partial charge in [-0.15, -0.1) is 0 Å². The molecule has 3 rings (SSSR count). The van der Waals surface area contributed by atoms with Crippen LogP contribution in [0.2, 0.25) is 0 Å². The number of nitrogens with zero attached hydrogens (tertiary/aromatic N) is 1. The van der Waals surface area contributed by atoms with E-state index in [1.807, 2.05) is 0 Å². The summed E-state index contributed by atoms with van der Waals surface area (Å²) in [4.78, 5) is 7.09. The molecular formula is C14H15F2N3. The molecule has 1 fully saturated rings. The Bertz CT molecular complexity index is 556. The summed E-state index contributed by atoms with van der Waals surface area (Å²) in [6.07, 6.45) is 4.04. The van der Waals surface area contributed by atoms with E-state index < -0.39 is 11.6 Å². The average molecular weight is 263 g/mol. The van der Waals surface area contributed by atoms with E-state index in [0.717, 1.165) is 12.5 Å². The molecule has 0 unspecified atom stereocenters. The first-order valence-electron chi connectivity index (χ1n) is 6.43. The van der Waals surface area contributed by atoms with Crippen LogP contribution in [0.5, 0.6) is 0 Å². The minimum absolute atomic E-state index is 0.0524. The van der Waals surface area contributed by atoms with Crippen molar-refractivity contribution in [3.05, 3.63) is 41.9 Å². The maximum atomic E-state index is 13.6. The van der Waals surface area contributed by atoms with E-state index in [1.165, 1.54) is 37.2 Å². The van der Waals surface area contributed by atoms with Crippen molar-refractivity contribution in [1.82, 2.24) is 15.3 Å². The van der Waals surface area contributed by atoms with Crippen LogP contribution in [0, 0.1) is 17.6 Å². The minimum Gasteiger partial charge on any atom is -0.341 e. The van der Waals surface area contributed by atoms with Crippen LogP contribution >= 0.6 is 0 Å². The van der Waals surface area contributed by atoms with Gasteiger partial charge in [-0.2, -0.15) is 0 Å². The number of aromatic nitrogens is 2. The van der Waals surface area contributed by atoms with E-state index in [0.29, 0.717) is 18.1 Å². The molecule has 2 N–H and O–H groups in total. The zero-order valence-corrected chi connectivity index (χ0v) is 10.4. The predicted molar refractivity (Wildman–Crippen MR) is 68.4 cm³/mol. The molecule has 0 aliphatic heterocycles. The van der Waals surface area contributed by atoms with Crippen LogP contribution < -0.4 is 5.32 Å². The van der Waals surface area contributed by atoms with Crippen LogP contribution in [0.25, 0.3) is 11.3 Å². The number of benzene rings is 1. The van der Waals surface area contributed by atoms with E-state index >= 15 is 0 Å². The highest BCUT2D eigenvalue weighted by Gasteiger charge is 2.20. The molecule has 1 aromatic heterocycles. The van der Waals surface area contributed by atoms with Gasteiger partial charge in [0.2, 0.25) is 0 Å². The zero-order chi connectivity index (χ0) is 13.2. The molecule has 1 saturated carbocycles. The Labute approximate surface area is 110 Å². The summed E-state index contributed by atoms with van der Waals surface area (Å²) in [6, 6.07) is 3.83. The molecule has 2 aromatic rings. The van der Waals surface area contributed by atoms with Crippen LogP contribution in [0.3, 0.4) is 0 Å². The number of H-pyrrole nitrogens is 1. The Morgan fingerprint density at radius 3 is 2.68 bits per heavy atom. The second kappa shape index (κ2) is 5.09. The average Bonchev–Trinajstić information content (AvgIpc) is 3.08. The van der Waals surface area contributed by atoms with Crippen molar-refractivity contribution in [2.45, 2.75) is 19.4 Å². The number of hydrogen-bond acceptors (Lipinski definition) is 2. The third-order valence-corrected chi connectivity index (χ3v) is 3.28. The van der Waals surface area contributed by atoms with Crippen molar-refractivity contribution in [3.63, 3.8) is 0 Å². The van der Waals surface area contributed by atoms with Crippen molar-refractivity contribution < 1.29 is 8.78 Å². The van der Waals surface area contributed by atoms with E-state index in [4.69, 9.17) is 0 Å². The fraction of sp³-hybridized carbons (Fsp3) is 0.357. The summed E-state index contributed by atoms with van der Waals surface area (Å²) < 4.78 is 27.2. The van der Waals surface area contributed by atoms with Gasteiger partial charge in [0, 0.05) is 0 Å². The fourth-order valence-electron chi connectivity index (χ4n) is 2.05. The van der Waals surface area contributed by atoms with Crippen LogP contribution in [-0.2, 0) is 6.54 Å². The lowest BCUT2D eigenvalue weighted by Crippen LogP contribution is -2.16. The highest BCUT2D eigenvalue weighted by Crippen LogP contribution is 2.27. The van der Waals surface area contributed by atoms with Gasteiger partial charge in [0.05, 0.1) is 24.0 Å². The first kappa shape index (κ1) is 12.3. The summed E-state index contributed by atoms with van der Waals surface area (Å²) in [5.74, 6) is 0.319. The third kappa shape index (κ3) is 2.81. The standard InChI is InChI=1S/C14H15F2N3/c15-10-2-1-3-11(16)14(10)12-7-18-13(19-12)8-17-6-9-4-5-9/h1-3,7,9,17H,4-6,8H2,(H,18,19). The number of imidazole rings is 1. The van der Waals surface area contributed by atoms with Gasteiger partial charge in [-0.3, -0.25) is 0 Å². The maximum Gasteiger partial charge on any atom is 0.135 e. The zero-order valence-electron chi connectivity index (χ0n) is 10.4. The van der Waals surface area contributed by atoms with Gasteiger partial charge in [0.15, 0.2) is 0 Å². The normalized spacial score (nSPS) is 14.8. The molecule has 1 aromatic carbocycles. The number of aromatic amines is 1. The quantitative estimate of drug-likeness (QED) is 0.871. The Kier molecular flexibility index (Phi) is 3.29. The molecule has 0 radical (unpaired) electrons. The molecule has 100 valence electrons. The van der Waals surface area contributed by atoms with Gasteiger partial charge >= 0.3 is 0 Å². The van der Waals surface area contributed by atoms with E-state index in [9.17, 15) is 8.78 Å². The second-order valence-electron chi connectivity index (χ2n) is 4.91. The lowest BCUT2D eigenvalue weighted by Gasteiger charge is -2.02. The van der Waals surface area contributed by atoms with Crippen molar-refractivity contribution in [2.24, 2.45) is 5.92 Å². The van der Waals surface area contributed by atoms with Gasteiger partial charge < -0.3 is 10.3 Å². The molecule has 1 heterocycles. The number of halogens is 2. The van der Waals surface area contributed by atoms with Gasteiger partial charge in [-0.25, -0.2) is 13.8 Å². The molecule has 0 amide bonds. The van der Waals surface area contributed by atoms with E-state index in [1.54, 1.807) is 0 Å². The Balaban J connectivity index is 1.72. The lowest BCUT2D eigenvalue weighted by atomic mass is 10.1. The van der Waals surface area contributed by atoms with Crippen LogP contribution in [0.1, 0.15) is 18.7 Å². The molecule has 1 aliphatic carbocycles. The lowest BCUT2D eigenvalue weighted by molar-refractivity contribution is 0.588. The maximum absolute atomic E-state index is 13.6. The van der Waals surface area contributed by atoms with E-state index in [-0.39, 0.29) is 5.56 Å². The summed E-state index contributed by atoms with van der Waals surface area (Å²) in [5, 5.41) is 3.28. The Morgan fingerprint density at radius 2 is 2.00 bits per heavy atom. The van der Waals surface area contributed by atoms with Crippen molar-refractivity contribution in [2.75, 3.05) is 6.54 Å². The predicted octanol–water partition coefficient (Wildman–Crippen LogP) is 2.85. The third-order valence-electron chi connectivity index (χ3n) is 3.28. The van der Waals surface area contributed by atoms with E-state index in [2.05, 4.69) is 15.3 Å². The number of rotatable bonds is 5. The molecule has 19 heavy (non-hydrogen) atoms. The van der Waals surface area contributed by atoms with Crippen molar-refractivity contribution >= 4 is 0 Å². The fourth-order valence-corrected chi connectivity index (χ4v) is 2.05. The molecular weight excluding hydrogens is 248 g/mol. The number of hydrogen-bond donors (Lipinski definition) is 2. The summed E-state index contributed by atoms with van der Waals surface area (Å²) in [5.41, 5.74) is 0.322. The molecule has 1 aliphatic rings. The van der Waals surface area contributed by atoms with Gasteiger partial charge in [-0.1, -0.05) is 6.07 Å². The largest absolute Gasteiger partial charge is 0.341 e. The topological polar surface area (TPSA) is 40.7 Å². The van der Waals surface area contributed by atoms with Crippen molar-refractivity contribution in [1.29, 1.82) is 0 Å². The first-order chi connectivity index (χ1) is 9.24. The molecule has 0 spiro atoms.